The van der Waals surface area contributed by atoms with Crippen LogP contribution >= 0.6 is 0 Å². The van der Waals surface area contributed by atoms with Gasteiger partial charge in [-0.2, -0.15) is 0 Å². The quantitative estimate of drug-likeness (QED) is 0.663. The van der Waals surface area contributed by atoms with Crippen molar-refractivity contribution in [1.29, 1.82) is 0 Å². The zero-order valence-electron chi connectivity index (χ0n) is 9.87. The summed E-state index contributed by atoms with van der Waals surface area (Å²) in [6.45, 7) is 8.56. The molecule has 0 aliphatic carbocycles. The maximum absolute atomic E-state index is 11.6. The Hall–Kier alpha value is -0.850. The largest absolute Gasteiger partial charge is 0.443 e. The molecule has 0 fully saturated rings. The molecule has 3 N–H and O–H groups in total. The van der Waals surface area contributed by atoms with Crippen molar-refractivity contribution in [3.05, 3.63) is 0 Å². The number of rotatable bonds is 5. The van der Waals surface area contributed by atoms with Crippen molar-refractivity contribution in [3.63, 3.8) is 0 Å². The van der Waals surface area contributed by atoms with Crippen molar-refractivity contribution in [2.24, 2.45) is 5.90 Å². The molecule has 90 valence electrons. The Morgan fingerprint density at radius 3 is 2.47 bits per heavy atom. The lowest BCUT2D eigenvalue weighted by molar-refractivity contribution is 0.00535. The fourth-order valence-electron chi connectivity index (χ4n) is 0.887. The summed E-state index contributed by atoms with van der Waals surface area (Å²) in [6.07, 6.45) is -0.429. The van der Waals surface area contributed by atoms with E-state index < -0.39 is 11.7 Å². The van der Waals surface area contributed by atoms with Crippen molar-refractivity contribution in [1.82, 2.24) is 10.4 Å². The zero-order chi connectivity index (χ0) is 11.9. The van der Waals surface area contributed by atoms with Gasteiger partial charge >= 0.3 is 6.09 Å². The van der Waals surface area contributed by atoms with Gasteiger partial charge in [-0.3, -0.25) is 0 Å². The van der Waals surface area contributed by atoms with Crippen LogP contribution in [0.3, 0.4) is 0 Å². The topological polar surface area (TPSA) is 76.8 Å². The highest BCUT2D eigenvalue weighted by atomic mass is 16.6. The van der Waals surface area contributed by atoms with Crippen LogP contribution in [0.5, 0.6) is 0 Å². The summed E-state index contributed by atoms with van der Waals surface area (Å²) in [5.74, 6) is 4.89. The van der Waals surface area contributed by atoms with Crippen LogP contribution < -0.4 is 11.3 Å². The minimum Gasteiger partial charge on any atom is -0.443 e. The van der Waals surface area contributed by atoms with Crippen LogP contribution in [0.1, 0.15) is 27.7 Å². The first-order valence-electron chi connectivity index (χ1n) is 4.96. The third-order valence-corrected chi connectivity index (χ3v) is 1.40. The molecule has 15 heavy (non-hydrogen) atoms. The van der Waals surface area contributed by atoms with E-state index in [0.29, 0.717) is 13.1 Å². The fourth-order valence-corrected chi connectivity index (χ4v) is 0.887. The van der Waals surface area contributed by atoms with E-state index in [-0.39, 0.29) is 6.61 Å². The highest BCUT2D eigenvalue weighted by Gasteiger charge is 2.21. The van der Waals surface area contributed by atoms with Crippen LogP contribution in [0.2, 0.25) is 0 Å². The Kier molecular flexibility index (Phi) is 6.23. The number of hydrogen-bond donors (Lipinski definition) is 2. The molecule has 0 unspecified atom stereocenters. The summed E-state index contributed by atoms with van der Waals surface area (Å²) in [6, 6.07) is 0. The molecule has 1 amide bonds. The predicted molar refractivity (Wildman–Crippen MR) is 56.8 cm³/mol. The number of hydrazine groups is 1. The van der Waals surface area contributed by atoms with E-state index in [1.807, 2.05) is 27.7 Å². The third kappa shape index (κ3) is 7.12. The van der Waals surface area contributed by atoms with Gasteiger partial charge in [-0.25, -0.2) is 21.1 Å². The summed E-state index contributed by atoms with van der Waals surface area (Å²) < 4.78 is 5.18. The Morgan fingerprint density at radius 1 is 1.47 bits per heavy atom. The van der Waals surface area contributed by atoms with Gasteiger partial charge in [-0.05, 0) is 20.8 Å². The first kappa shape index (κ1) is 14.2. The molecule has 0 aromatic carbocycles. The number of carbonyl (C=O) groups excluding carboxylic acids is 1. The van der Waals surface area contributed by atoms with E-state index in [1.54, 1.807) is 0 Å². The molecule has 0 atom stereocenters. The summed E-state index contributed by atoms with van der Waals surface area (Å²) in [5, 5.41) is 1.35. The molecular weight excluding hydrogens is 198 g/mol. The summed E-state index contributed by atoms with van der Waals surface area (Å²) >= 11 is 0. The molecule has 0 bridgehead atoms. The van der Waals surface area contributed by atoms with E-state index in [2.05, 4.69) is 10.3 Å². The number of nitrogens with one attached hydrogen (secondary N) is 1. The first-order chi connectivity index (χ1) is 6.90. The average Bonchev–Trinajstić information content (AvgIpc) is 2.09. The van der Waals surface area contributed by atoms with Crippen LogP contribution in [0.4, 0.5) is 4.79 Å². The maximum atomic E-state index is 11.6. The van der Waals surface area contributed by atoms with Gasteiger partial charge < -0.3 is 9.57 Å². The first-order valence-corrected chi connectivity index (χ1v) is 4.96. The monoisotopic (exact) mass is 219 g/mol. The van der Waals surface area contributed by atoms with Crippen LogP contribution in [0.25, 0.3) is 0 Å². The molecule has 0 aliphatic heterocycles. The summed E-state index contributed by atoms with van der Waals surface area (Å²) in [5.41, 5.74) is 2.36. The highest BCUT2D eigenvalue weighted by molar-refractivity contribution is 5.67. The second kappa shape index (κ2) is 6.60. The molecule has 0 radical (unpaired) electrons. The Labute approximate surface area is 90.6 Å². The predicted octanol–water partition coefficient (Wildman–Crippen LogP) is 0.638. The Balaban J connectivity index is 4.15. The summed E-state index contributed by atoms with van der Waals surface area (Å²) in [7, 11) is 0. The molecule has 0 aromatic heterocycles. The van der Waals surface area contributed by atoms with Crippen molar-refractivity contribution in [2.45, 2.75) is 33.3 Å². The van der Waals surface area contributed by atoms with Gasteiger partial charge in [0.25, 0.3) is 0 Å². The minimum absolute atomic E-state index is 0.256. The standard InChI is InChI=1S/C9H21N3O3/c1-5-11-12(6-7-14-10)8(13)15-9(2,3)4/h11H,5-7,10H2,1-4H3. The smallest absolute Gasteiger partial charge is 0.424 e. The molecule has 0 spiro atoms. The van der Waals surface area contributed by atoms with E-state index >= 15 is 0 Å². The Bertz CT molecular complexity index is 192. The summed E-state index contributed by atoms with van der Waals surface area (Å²) in [4.78, 5) is 16.0. The lowest BCUT2D eigenvalue weighted by atomic mass is 10.2. The molecule has 6 nitrogen and oxygen atoms in total. The molecular formula is C9H21N3O3. The molecule has 0 aliphatic rings. The maximum Gasteiger partial charge on any atom is 0.424 e. The third-order valence-electron chi connectivity index (χ3n) is 1.40. The number of carbonyl (C=O) groups is 1. The van der Waals surface area contributed by atoms with Crippen LogP contribution in [-0.4, -0.2) is 36.4 Å². The molecule has 0 heterocycles. The van der Waals surface area contributed by atoms with Gasteiger partial charge in [-0.1, -0.05) is 6.92 Å². The van der Waals surface area contributed by atoms with Crippen molar-refractivity contribution in [2.75, 3.05) is 19.7 Å². The lowest BCUT2D eigenvalue weighted by Gasteiger charge is -2.27. The van der Waals surface area contributed by atoms with Crippen molar-refractivity contribution < 1.29 is 14.4 Å². The number of amides is 1. The van der Waals surface area contributed by atoms with Gasteiger partial charge in [0.1, 0.15) is 5.60 Å². The second-order valence-electron chi connectivity index (χ2n) is 4.01. The van der Waals surface area contributed by atoms with E-state index in [1.165, 1.54) is 5.01 Å². The van der Waals surface area contributed by atoms with Crippen LogP contribution in [0.15, 0.2) is 0 Å². The number of nitrogens with zero attached hydrogens (tertiary/aromatic N) is 1. The van der Waals surface area contributed by atoms with Gasteiger partial charge in [0.2, 0.25) is 0 Å². The van der Waals surface area contributed by atoms with Crippen molar-refractivity contribution in [3.8, 4) is 0 Å². The van der Waals surface area contributed by atoms with Gasteiger partial charge in [0, 0.05) is 6.54 Å². The van der Waals surface area contributed by atoms with E-state index in [0.717, 1.165) is 0 Å². The normalized spacial score (nSPS) is 11.3. The second-order valence-corrected chi connectivity index (χ2v) is 4.01. The molecule has 6 heteroatoms. The van der Waals surface area contributed by atoms with Gasteiger partial charge in [-0.15, -0.1) is 0 Å². The molecule has 0 saturated carbocycles. The minimum atomic E-state index is -0.506. The van der Waals surface area contributed by atoms with Gasteiger partial charge in [0.05, 0.1) is 13.2 Å². The number of hydrogen-bond acceptors (Lipinski definition) is 5. The van der Waals surface area contributed by atoms with E-state index in [4.69, 9.17) is 10.6 Å². The molecule has 0 saturated heterocycles. The fraction of sp³-hybridized carbons (Fsp3) is 0.889. The molecule has 0 rings (SSSR count). The van der Waals surface area contributed by atoms with Crippen LogP contribution in [0, 0.1) is 0 Å². The van der Waals surface area contributed by atoms with E-state index in [9.17, 15) is 4.79 Å². The van der Waals surface area contributed by atoms with Crippen molar-refractivity contribution >= 4 is 6.09 Å². The average molecular weight is 219 g/mol. The molecule has 0 aromatic rings. The number of ether oxygens (including phenoxy) is 1. The highest BCUT2D eigenvalue weighted by Crippen LogP contribution is 2.08. The number of nitrogens with two attached hydrogens (primary N) is 1. The SMILES string of the molecule is CCNN(CCON)C(=O)OC(C)(C)C. The van der Waals surface area contributed by atoms with Crippen LogP contribution in [-0.2, 0) is 9.57 Å². The zero-order valence-corrected chi connectivity index (χ0v) is 9.87. The van der Waals surface area contributed by atoms with Gasteiger partial charge in [0.15, 0.2) is 0 Å². The lowest BCUT2D eigenvalue weighted by Crippen LogP contribution is -2.47. The Morgan fingerprint density at radius 2 is 2.07 bits per heavy atom.